The summed E-state index contributed by atoms with van der Waals surface area (Å²) in [5.41, 5.74) is 8.56. The van der Waals surface area contributed by atoms with E-state index in [1.165, 1.54) is 6.39 Å². The predicted octanol–water partition coefficient (Wildman–Crippen LogP) is 2.13. The van der Waals surface area contributed by atoms with Crippen molar-refractivity contribution in [2.45, 2.75) is 13.8 Å². The largest absolute Gasteiger partial charge is 0.438 e. The molecular formula is C12H13N3O2. The van der Waals surface area contributed by atoms with Crippen molar-refractivity contribution in [2.75, 3.05) is 11.1 Å². The number of carbonyl (C=O) groups excluding carboxylic acids is 1. The number of rotatable bonds is 2. The minimum atomic E-state index is -0.330. The Balaban J connectivity index is 2.19. The van der Waals surface area contributed by atoms with Crippen molar-refractivity contribution in [1.82, 2.24) is 4.98 Å². The van der Waals surface area contributed by atoms with Crippen LogP contribution in [0.15, 0.2) is 29.0 Å². The smallest absolute Gasteiger partial charge is 0.293 e. The number of amides is 1. The second kappa shape index (κ2) is 4.29. The highest BCUT2D eigenvalue weighted by Gasteiger charge is 2.13. The summed E-state index contributed by atoms with van der Waals surface area (Å²) in [4.78, 5) is 15.7. The molecule has 2 aromatic rings. The second-order valence-electron chi connectivity index (χ2n) is 3.79. The molecule has 1 aromatic heterocycles. The number of nitrogen functional groups attached to an aromatic ring is 1. The van der Waals surface area contributed by atoms with Gasteiger partial charge >= 0.3 is 0 Å². The first-order valence-corrected chi connectivity index (χ1v) is 5.15. The van der Waals surface area contributed by atoms with Crippen LogP contribution >= 0.6 is 0 Å². The maximum absolute atomic E-state index is 11.8. The summed E-state index contributed by atoms with van der Waals surface area (Å²) >= 11 is 0. The van der Waals surface area contributed by atoms with E-state index in [-0.39, 0.29) is 11.7 Å². The van der Waals surface area contributed by atoms with Crippen LogP contribution in [0.3, 0.4) is 0 Å². The summed E-state index contributed by atoms with van der Waals surface area (Å²) < 4.78 is 5.00. The summed E-state index contributed by atoms with van der Waals surface area (Å²) in [5.74, 6) is -0.118. The summed E-state index contributed by atoms with van der Waals surface area (Å²) in [7, 11) is 0. The molecule has 0 atom stereocenters. The molecule has 0 spiro atoms. The van der Waals surface area contributed by atoms with Gasteiger partial charge in [-0.3, -0.25) is 4.79 Å². The van der Waals surface area contributed by atoms with Gasteiger partial charge in [0, 0.05) is 11.4 Å². The molecule has 0 bridgehead atoms. The van der Waals surface area contributed by atoms with Crippen molar-refractivity contribution in [3.05, 3.63) is 41.6 Å². The molecule has 1 amide bonds. The molecule has 17 heavy (non-hydrogen) atoms. The van der Waals surface area contributed by atoms with Crippen LogP contribution in [0.5, 0.6) is 0 Å². The minimum Gasteiger partial charge on any atom is -0.438 e. The van der Waals surface area contributed by atoms with Crippen molar-refractivity contribution in [3.8, 4) is 0 Å². The molecule has 5 nitrogen and oxygen atoms in total. The van der Waals surface area contributed by atoms with E-state index in [1.807, 2.05) is 13.0 Å². The lowest BCUT2D eigenvalue weighted by atomic mass is 10.2. The number of oxazole rings is 1. The van der Waals surface area contributed by atoms with E-state index in [9.17, 15) is 4.79 Å². The fraction of sp³-hybridized carbons (Fsp3) is 0.167. The standard InChI is InChI=1S/C12H13N3O2/c1-7-3-4-9(5-10(7)13)15-12(16)11-8(2)14-6-17-11/h3-6H,13H2,1-2H3,(H,15,16). The van der Waals surface area contributed by atoms with Gasteiger partial charge in [0.1, 0.15) is 0 Å². The van der Waals surface area contributed by atoms with Gasteiger partial charge in [0.2, 0.25) is 5.76 Å². The highest BCUT2D eigenvalue weighted by Crippen LogP contribution is 2.18. The summed E-state index contributed by atoms with van der Waals surface area (Å²) in [6, 6.07) is 5.34. The van der Waals surface area contributed by atoms with Gasteiger partial charge in [0.25, 0.3) is 5.91 Å². The number of carbonyl (C=O) groups is 1. The third-order valence-corrected chi connectivity index (χ3v) is 2.49. The Hall–Kier alpha value is -2.30. The van der Waals surface area contributed by atoms with Crippen LogP contribution in [0.1, 0.15) is 21.8 Å². The molecule has 0 radical (unpaired) electrons. The fourth-order valence-corrected chi connectivity index (χ4v) is 1.43. The molecule has 1 aromatic carbocycles. The lowest BCUT2D eigenvalue weighted by Gasteiger charge is -2.06. The molecule has 5 heteroatoms. The molecule has 88 valence electrons. The Bertz CT molecular complexity index is 561. The number of nitrogens with one attached hydrogen (secondary N) is 1. The van der Waals surface area contributed by atoms with Crippen molar-refractivity contribution < 1.29 is 9.21 Å². The average molecular weight is 231 g/mol. The monoisotopic (exact) mass is 231 g/mol. The summed E-state index contributed by atoms with van der Waals surface area (Å²) in [6.45, 7) is 3.61. The molecule has 0 unspecified atom stereocenters. The van der Waals surface area contributed by atoms with Crippen LogP contribution in [-0.4, -0.2) is 10.9 Å². The van der Waals surface area contributed by atoms with E-state index >= 15 is 0 Å². The zero-order chi connectivity index (χ0) is 12.4. The van der Waals surface area contributed by atoms with E-state index in [1.54, 1.807) is 19.1 Å². The number of benzene rings is 1. The van der Waals surface area contributed by atoms with Crippen LogP contribution in [0.4, 0.5) is 11.4 Å². The van der Waals surface area contributed by atoms with Crippen LogP contribution < -0.4 is 11.1 Å². The number of hydrogen-bond acceptors (Lipinski definition) is 4. The van der Waals surface area contributed by atoms with Crippen molar-refractivity contribution in [2.24, 2.45) is 0 Å². The first-order chi connectivity index (χ1) is 8.08. The Morgan fingerprint density at radius 3 is 2.76 bits per heavy atom. The average Bonchev–Trinajstić information content (AvgIpc) is 2.70. The Morgan fingerprint density at radius 2 is 2.18 bits per heavy atom. The van der Waals surface area contributed by atoms with Gasteiger partial charge in [0.05, 0.1) is 5.69 Å². The molecule has 1 heterocycles. The van der Waals surface area contributed by atoms with Gasteiger partial charge in [0.15, 0.2) is 6.39 Å². The topological polar surface area (TPSA) is 81.2 Å². The van der Waals surface area contributed by atoms with Gasteiger partial charge in [-0.2, -0.15) is 0 Å². The van der Waals surface area contributed by atoms with E-state index in [2.05, 4.69) is 10.3 Å². The molecule has 3 N–H and O–H groups in total. The van der Waals surface area contributed by atoms with Gasteiger partial charge in [-0.1, -0.05) is 6.07 Å². The third kappa shape index (κ3) is 2.28. The third-order valence-electron chi connectivity index (χ3n) is 2.49. The molecular weight excluding hydrogens is 218 g/mol. The Labute approximate surface area is 98.6 Å². The first-order valence-electron chi connectivity index (χ1n) is 5.15. The highest BCUT2D eigenvalue weighted by molar-refractivity contribution is 6.03. The maximum Gasteiger partial charge on any atom is 0.293 e. The number of nitrogens with two attached hydrogens (primary N) is 1. The molecule has 0 aliphatic carbocycles. The Kier molecular flexibility index (Phi) is 2.82. The molecule has 2 rings (SSSR count). The van der Waals surface area contributed by atoms with Gasteiger partial charge in [-0.25, -0.2) is 4.98 Å². The van der Waals surface area contributed by atoms with Crippen LogP contribution in [-0.2, 0) is 0 Å². The SMILES string of the molecule is Cc1ccc(NC(=O)c2ocnc2C)cc1N. The highest BCUT2D eigenvalue weighted by atomic mass is 16.3. The number of hydrogen-bond donors (Lipinski definition) is 2. The zero-order valence-electron chi connectivity index (χ0n) is 9.65. The summed E-state index contributed by atoms with van der Waals surface area (Å²) in [5, 5.41) is 2.70. The van der Waals surface area contributed by atoms with E-state index in [4.69, 9.17) is 10.2 Å². The van der Waals surface area contributed by atoms with Crippen LogP contribution in [0.25, 0.3) is 0 Å². The molecule has 0 saturated carbocycles. The first kappa shape index (κ1) is 11.2. The Morgan fingerprint density at radius 1 is 1.41 bits per heavy atom. The molecule has 0 aliphatic rings. The van der Waals surface area contributed by atoms with Crippen molar-refractivity contribution in [1.29, 1.82) is 0 Å². The lowest BCUT2D eigenvalue weighted by Crippen LogP contribution is -2.12. The lowest BCUT2D eigenvalue weighted by molar-refractivity contribution is 0.0996. The van der Waals surface area contributed by atoms with Crippen LogP contribution in [0, 0.1) is 13.8 Å². The molecule has 0 saturated heterocycles. The number of aromatic nitrogens is 1. The fourth-order valence-electron chi connectivity index (χ4n) is 1.43. The normalized spacial score (nSPS) is 10.2. The van der Waals surface area contributed by atoms with Gasteiger partial charge in [-0.05, 0) is 31.5 Å². The number of anilines is 2. The van der Waals surface area contributed by atoms with E-state index in [0.717, 1.165) is 5.56 Å². The number of nitrogens with zero attached hydrogens (tertiary/aromatic N) is 1. The van der Waals surface area contributed by atoms with Crippen molar-refractivity contribution in [3.63, 3.8) is 0 Å². The molecule has 0 fully saturated rings. The number of aryl methyl sites for hydroxylation is 2. The van der Waals surface area contributed by atoms with Crippen LogP contribution in [0.2, 0.25) is 0 Å². The van der Waals surface area contributed by atoms with E-state index < -0.39 is 0 Å². The minimum absolute atomic E-state index is 0.212. The molecule has 0 aliphatic heterocycles. The quantitative estimate of drug-likeness (QED) is 0.776. The van der Waals surface area contributed by atoms with E-state index in [0.29, 0.717) is 17.1 Å². The summed E-state index contributed by atoms with van der Waals surface area (Å²) in [6.07, 6.45) is 1.24. The zero-order valence-corrected chi connectivity index (χ0v) is 9.65. The second-order valence-corrected chi connectivity index (χ2v) is 3.79. The predicted molar refractivity (Wildman–Crippen MR) is 64.8 cm³/mol. The van der Waals surface area contributed by atoms with Gasteiger partial charge in [-0.15, -0.1) is 0 Å². The maximum atomic E-state index is 11.8. The van der Waals surface area contributed by atoms with Gasteiger partial charge < -0.3 is 15.5 Å². The van der Waals surface area contributed by atoms with Crippen molar-refractivity contribution >= 4 is 17.3 Å².